The maximum atomic E-state index is 12.5. The summed E-state index contributed by atoms with van der Waals surface area (Å²) < 4.78 is 1.68. The summed E-state index contributed by atoms with van der Waals surface area (Å²) in [5.41, 5.74) is -0.191. The van der Waals surface area contributed by atoms with Crippen LogP contribution in [0.4, 0.5) is 0 Å². The SMILES string of the molecule is CCN1C[C@]2(C(=O)O)CN(C(=O)CCc3cnn(C)c3)C[C@@H]2C1=O. The van der Waals surface area contributed by atoms with Crippen molar-refractivity contribution in [3.8, 4) is 0 Å². The maximum absolute atomic E-state index is 12.5. The summed E-state index contributed by atoms with van der Waals surface area (Å²) in [4.78, 5) is 39.8. The first-order valence-corrected chi connectivity index (χ1v) is 8.15. The highest BCUT2D eigenvalue weighted by Gasteiger charge is 2.62. The molecular weight excluding hydrogens is 312 g/mol. The molecule has 24 heavy (non-hydrogen) atoms. The molecule has 2 saturated heterocycles. The Balaban J connectivity index is 1.68. The summed E-state index contributed by atoms with van der Waals surface area (Å²) in [6.45, 7) is 2.84. The number of aryl methyl sites for hydroxylation is 2. The molecule has 0 bridgehead atoms. The van der Waals surface area contributed by atoms with E-state index in [0.29, 0.717) is 19.4 Å². The van der Waals surface area contributed by atoms with Crippen molar-refractivity contribution in [1.82, 2.24) is 19.6 Å². The van der Waals surface area contributed by atoms with Crippen molar-refractivity contribution < 1.29 is 19.5 Å². The van der Waals surface area contributed by atoms with Crippen molar-refractivity contribution in [2.24, 2.45) is 18.4 Å². The third kappa shape index (κ3) is 2.55. The van der Waals surface area contributed by atoms with Crippen LogP contribution in [-0.2, 0) is 27.9 Å². The molecule has 0 saturated carbocycles. The number of rotatable bonds is 5. The van der Waals surface area contributed by atoms with Gasteiger partial charge in [0.1, 0.15) is 5.41 Å². The van der Waals surface area contributed by atoms with Gasteiger partial charge in [-0.1, -0.05) is 0 Å². The monoisotopic (exact) mass is 334 g/mol. The Kier molecular flexibility index (Phi) is 4.06. The molecule has 1 aromatic heterocycles. The Labute approximate surface area is 140 Å². The van der Waals surface area contributed by atoms with Crippen LogP contribution in [0.3, 0.4) is 0 Å². The second-order valence-corrected chi connectivity index (χ2v) is 6.66. The molecule has 2 fully saturated rings. The third-order valence-electron chi connectivity index (χ3n) is 5.17. The van der Waals surface area contributed by atoms with Gasteiger partial charge in [-0.3, -0.25) is 19.1 Å². The van der Waals surface area contributed by atoms with Crippen molar-refractivity contribution in [1.29, 1.82) is 0 Å². The van der Waals surface area contributed by atoms with Crippen LogP contribution in [0, 0.1) is 11.3 Å². The summed E-state index contributed by atoms with van der Waals surface area (Å²) in [7, 11) is 1.81. The molecule has 2 aliphatic rings. The molecule has 0 aliphatic carbocycles. The summed E-state index contributed by atoms with van der Waals surface area (Å²) in [6.07, 6.45) is 4.42. The lowest BCUT2D eigenvalue weighted by molar-refractivity contribution is -0.150. The van der Waals surface area contributed by atoms with Crippen LogP contribution < -0.4 is 0 Å². The number of carboxylic acid groups (broad SMARTS) is 1. The Hall–Kier alpha value is -2.38. The minimum atomic E-state index is -1.16. The van der Waals surface area contributed by atoms with E-state index in [2.05, 4.69) is 5.10 Å². The van der Waals surface area contributed by atoms with Crippen molar-refractivity contribution in [2.75, 3.05) is 26.2 Å². The predicted molar refractivity (Wildman–Crippen MR) is 83.9 cm³/mol. The van der Waals surface area contributed by atoms with Crippen molar-refractivity contribution in [3.63, 3.8) is 0 Å². The van der Waals surface area contributed by atoms with E-state index in [-0.39, 0.29) is 31.4 Å². The maximum Gasteiger partial charge on any atom is 0.314 e. The minimum Gasteiger partial charge on any atom is -0.481 e. The second-order valence-electron chi connectivity index (χ2n) is 6.66. The molecule has 130 valence electrons. The third-order valence-corrected chi connectivity index (χ3v) is 5.17. The molecule has 0 spiro atoms. The average Bonchev–Trinajstić information content (AvgIpc) is 3.19. The number of fused-ring (bicyclic) bond motifs is 1. The highest BCUT2D eigenvalue weighted by atomic mass is 16.4. The van der Waals surface area contributed by atoms with Gasteiger partial charge in [0.2, 0.25) is 11.8 Å². The fourth-order valence-electron chi connectivity index (χ4n) is 3.78. The van der Waals surface area contributed by atoms with Gasteiger partial charge >= 0.3 is 5.97 Å². The van der Waals surface area contributed by atoms with Gasteiger partial charge in [-0.25, -0.2) is 0 Å². The highest BCUT2D eigenvalue weighted by Crippen LogP contribution is 2.43. The Morgan fingerprint density at radius 3 is 2.71 bits per heavy atom. The van der Waals surface area contributed by atoms with E-state index in [0.717, 1.165) is 5.56 Å². The van der Waals surface area contributed by atoms with E-state index in [1.807, 2.05) is 20.2 Å². The molecule has 2 aliphatic heterocycles. The number of nitrogens with zero attached hydrogens (tertiary/aromatic N) is 4. The van der Waals surface area contributed by atoms with Crippen molar-refractivity contribution >= 4 is 17.8 Å². The predicted octanol–water partition coefficient (Wildman–Crippen LogP) is -0.256. The van der Waals surface area contributed by atoms with Crippen LogP contribution in [0.5, 0.6) is 0 Å². The highest BCUT2D eigenvalue weighted by molar-refractivity contribution is 5.94. The molecule has 0 radical (unpaired) electrons. The lowest BCUT2D eigenvalue weighted by Gasteiger charge is -2.24. The van der Waals surface area contributed by atoms with E-state index in [1.165, 1.54) is 0 Å². The van der Waals surface area contributed by atoms with Crippen LogP contribution in [0.2, 0.25) is 0 Å². The smallest absolute Gasteiger partial charge is 0.314 e. The van der Waals surface area contributed by atoms with Gasteiger partial charge in [-0.2, -0.15) is 5.10 Å². The van der Waals surface area contributed by atoms with Gasteiger partial charge in [0, 0.05) is 45.8 Å². The van der Waals surface area contributed by atoms with E-state index < -0.39 is 17.3 Å². The van der Waals surface area contributed by atoms with E-state index >= 15 is 0 Å². The van der Waals surface area contributed by atoms with Gasteiger partial charge in [0.15, 0.2) is 0 Å². The number of carbonyl (C=O) groups excluding carboxylic acids is 2. The average molecular weight is 334 g/mol. The quantitative estimate of drug-likeness (QED) is 0.801. The van der Waals surface area contributed by atoms with Crippen LogP contribution >= 0.6 is 0 Å². The lowest BCUT2D eigenvalue weighted by atomic mass is 9.81. The molecule has 1 N–H and O–H groups in total. The topological polar surface area (TPSA) is 95.7 Å². The van der Waals surface area contributed by atoms with Crippen LogP contribution in [0.1, 0.15) is 18.9 Å². The molecule has 0 unspecified atom stereocenters. The fourth-order valence-corrected chi connectivity index (χ4v) is 3.78. The number of likely N-dealkylation sites (tertiary alicyclic amines) is 2. The number of carbonyl (C=O) groups is 3. The number of amides is 2. The van der Waals surface area contributed by atoms with E-state index in [9.17, 15) is 19.5 Å². The summed E-state index contributed by atoms with van der Waals surface area (Å²) in [6, 6.07) is 0. The number of aliphatic carboxylic acids is 1. The molecule has 8 heteroatoms. The molecule has 2 amide bonds. The van der Waals surface area contributed by atoms with E-state index in [1.54, 1.807) is 20.7 Å². The van der Waals surface area contributed by atoms with Crippen LogP contribution in [-0.4, -0.2) is 68.6 Å². The molecule has 8 nitrogen and oxygen atoms in total. The van der Waals surface area contributed by atoms with Crippen LogP contribution in [0.25, 0.3) is 0 Å². The van der Waals surface area contributed by atoms with Gasteiger partial charge in [-0.05, 0) is 18.9 Å². The van der Waals surface area contributed by atoms with Gasteiger partial charge in [-0.15, -0.1) is 0 Å². The normalized spacial score (nSPS) is 26.1. The fraction of sp³-hybridized carbons (Fsp3) is 0.625. The zero-order chi connectivity index (χ0) is 17.5. The zero-order valence-corrected chi connectivity index (χ0v) is 13.9. The zero-order valence-electron chi connectivity index (χ0n) is 13.9. The number of carboxylic acids is 1. The van der Waals surface area contributed by atoms with Gasteiger partial charge in [0.25, 0.3) is 0 Å². The number of hydrogen-bond donors (Lipinski definition) is 1. The number of aromatic nitrogens is 2. The first-order chi connectivity index (χ1) is 11.4. The largest absolute Gasteiger partial charge is 0.481 e. The minimum absolute atomic E-state index is 0.107. The Morgan fingerprint density at radius 2 is 2.17 bits per heavy atom. The standard InChI is InChI=1S/C16H22N4O4/c1-3-19-9-16(15(23)24)10-20(8-12(16)14(19)22)13(21)5-4-11-6-17-18(2)7-11/h6-7,12H,3-5,8-10H2,1-2H3,(H,23,24)/t12-,16+/m1/s1. The summed E-state index contributed by atoms with van der Waals surface area (Å²) >= 11 is 0. The van der Waals surface area contributed by atoms with Gasteiger partial charge in [0.05, 0.1) is 12.1 Å². The molecule has 0 aromatic carbocycles. The van der Waals surface area contributed by atoms with Crippen molar-refractivity contribution in [2.45, 2.75) is 19.8 Å². The number of hydrogen-bond acceptors (Lipinski definition) is 4. The van der Waals surface area contributed by atoms with Gasteiger partial charge < -0.3 is 14.9 Å². The molecule has 2 atom stereocenters. The summed E-state index contributed by atoms with van der Waals surface area (Å²) in [5, 5.41) is 13.8. The Morgan fingerprint density at radius 1 is 1.42 bits per heavy atom. The Bertz CT molecular complexity index is 685. The van der Waals surface area contributed by atoms with E-state index in [4.69, 9.17) is 0 Å². The molecular formula is C16H22N4O4. The molecule has 3 heterocycles. The van der Waals surface area contributed by atoms with Crippen molar-refractivity contribution in [3.05, 3.63) is 18.0 Å². The first kappa shape index (κ1) is 16.5. The second kappa shape index (κ2) is 5.92. The first-order valence-electron chi connectivity index (χ1n) is 8.15. The summed E-state index contributed by atoms with van der Waals surface area (Å²) in [5.74, 6) is -1.87. The van der Waals surface area contributed by atoms with Crippen LogP contribution in [0.15, 0.2) is 12.4 Å². The molecule has 1 aromatic rings. The molecule has 3 rings (SSSR count). The lowest BCUT2D eigenvalue weighted by Crippen LogP contribution is -2.42.